The van der Waals surface area contributed by atoms with Crippen molar-refractivity contribution in [1.82, 2.24) is 0 Å². The van der Waals surface area contributed by atoms with Gasteiger partial charge < -0.3 is 10.2 Å². The molecule has 0 radical (unpaired) electrons. The predicted octanol–water partition coefficient (Wildman–Crippen LogP) is 2.81. The fraction of sp³-hybridized carbons (Fsp3) is 0.455. The Balaban J connectivity index is 2.52. The molecule has 0 aromatic carbocycles. The average molecular weight is 179 g/mol. The predicted molar refractivity (Wildman–Crippen MR) is 55.2 cm³/mol. The second kappa shape index (κ2) is 4.87. The second-order valence-electron chi connectivity index (χ2n) is 3.38. The summed E-state index contributed by atoms with van der Waals surface area (Å²) >= 11 is 0. The first-order valence-corrected chi connectivity index (χ1v) is 4.68. The van der Waals surface area contributed by atoms with Gasteiger partial charge in [0, 0.05) is 6.04 Å². The van der Waals surface area contributed by atoms with Gasteiger partial charge in [-0.1, -0.05) is 12.5 Å². The van der Waals surface area contributed by atoms with Gasteiger partial charge in [-0.2, -0.15) is 0 Å². The summed E-state index contributed by atoms with van der Waals surface area (Å²) in [5.41, 5.74) is 7.10. The van der Waals surface area contributed by atoms with Gasteiger partial charge in [0.1, 0.15) is 5.76 Å². The number of furan rings is 1. The van der Waals surface area contributed by atoms with Crippen LogP contribution in [0.15, 0.2) is 28.4 Å². The van der Waals surface area contributed by atoms with Crippen LogP contribution in [-0.4, -0.2) is 6.04 Å². The van der Waals surface area contributed by atoms with Crippen molar-refractivity contribution in [2.75, 3.05) is 0 Å². The van der Waals surface area contributed by atoms with Gasteiger partial charge in [0.05, 0.1) is 6.26 Å². The molecule has 1 aromatic rings. The summed E-state index contributed by atoms with van der Waals surface area (Å²) in [6.45, 7) is 4.18. The van der Waals surface area contributed by atoms with Crippen LogP contribution in [0, 0.1) is 0 Å². The van der Waals surface area contributed by atoms with Gasteiger partial charge in [-0.3, -0.25) is 0 Å². The molecule has 1 heterocycles. The maximum Gasteiger partial charge on any atom is 0.126 e. The van der Waals surface area contributed by atoms with E-state index >= 15 is 0 Å². The van der Waals surface area contributed by atoms with E-state index in [4.69, 9.17) is 10.2 Å². The molecule has 0 aliphatic rings. The fourth-order valence-corrected chi connectivity index (χ4v) is 1.23. The van der Waals surface area contributed by atoms with E-state index in [1.807, 2.05) is 18.2 Å². The molecule has 0 saturated carbocycles. The van der Waals surface area contributed by atoms with Crippen LogP contribution < -0.4 is 5.73 Å². The van der Waals surface area contributed by atoms with Crippen LogP contribution in [0.4, 0.5) is 0 Å². The Bertz CT molecular complexity index is 262. The molecule has 1 unspecified atom stereocenters. The van der Waals surface area contributed by atoms with E-state index in [2.05, 4.69) is 13.8 Å². The van der Waals surface area contributed by atoms with Gasteiger partial charge in [-0.25, -0.2) is 0 Å². The molecule has 13 heavy (non-hydrogen) atoms. The van der Waals surface area contributed by atoms with Gasteiger partial charge in [0.15, 0.2) is 0 Å². The lowest BCUT2D eigenvalue weighted by Gasteiger charge is -2.07. The van der Waals surface area contributed by atoms with E-state index < -0.39 is 0 Å². The molecule has 1 atom stereocenters. The molecule has 0 spiro atoms. The minimum absolute atomic E-state index is 0.270. The van der Waals surface area contributed by atoms with Crippen molar-refractivity contribution < 1.29 is 4.42 Å². The lowest BCUT2D eigenvalue weighted by Crippen LogP contribution is -2.18. The molecule has 0 aliphatic heterocycles. The third-order valence-electron chi connectivity index (χ3n) is 2.04. The van der Waals surface area contributed by atoms with E-state index in [0.717, 1.165) is 18.6 Å². The molecule has 0 amide bonds. The van der Waals surface area contributed by atoms with E-state index in [-0.39, 0.29) is 6.04 Å². The quantitative estimate of drug-likeness (QED) is 0.772. The molecular weight excluding hydrogens is 162 g/mol. The Morgan fingerprint density at radius 3 is 3.00 bits per heavy atom. The smallest absolute Gasteiger partial charge is 0.126 e. The van der Waals surface area contributed by atoms with Gasteiger partial charge in [0.25, 0.3) is 0 Å². The zero-order valence-electron chi connectivity index (χ0n) is 8.29. The van der Waals surface area contributed by atoms with Crippen LogP contribution in [-0.2, 0) is 0 Å². The lowest BCUT2D eigenvalue weighted by atomic mass is 10.1. The van der Waals surface area contributed by atoms with E-state index in [1.165, 1.54) is 5.57 Å². The molecule has 0 saturated heterocycles. The first-order chi connectivity index (χ1) is 6.22. The summed E-state index contributed by atoms with van der Waals surface area (Å²) in [4.78, 5) is 0. The summed E-state index contributed by atoms with van der Waals surface area (Å²) in [5.74, 6) is 0.904. The fourth-order valence-electron chi connectivity index (χ4n) is 1.23. The van der Waals surface area contributed by atoms with E-state index in [0.29, 0.717) is 0 Å². The number of hydrogen-bond acceptors (Lipinski definition) is 2. The summed E-state index contributed by atoms with van der Waals surface area (Å²) in [5, 5.41) is 0. The Morgan fingerprint density at radius 2 is 2.46 bits per heavy atom. The standard InChI is InChI=1S/C11H17NO/c1-3-10(12)7-9(2)8-11-5-4-6-13-11/h4-6,8,10H,3,7,12H2,1-2H3/b9-8+. The monoisotopic (exact) mass is 179 g/mol. The third kappa shape index (κ3) is 3.47. The van der Waals surface area contributed by atoms with Gasteiger partial charge in [-0.05, 0) is 38.0 Å². The van der Waals surface area contributed by atoms with Gasteiger partial charge >= 0.3 is 0 Å². The molecule has 0 aliphatic carbocycles. The molecule has 0 fully saturated rings. The molecule has 2 heteroatoms. The highest BCUT2D eigenvalue weighted by Crippen LogP contribution is 2.11. The summed E-state index contributed by atoms with van der Waals surface area (Å²) in [6, 6.07) is 4.10. The van der Waals surface area contributed by atoms with Crippen molar-refractivity contribution in [2.45, 2.75) is 32.7 Å². The van der Waals surface area contributed by atoms with Crippen molar-refractivity contribution in [2.24, 2.45) is 5.73 Å². The molecule has 2 nitrogen and oxygen atoms in total. The largest absolute Gasteiger partial charge is 0.465 e. The van der Waals surface area contributed by atoms with Crippen molar-refractivity contribution in [3.05, 3.63) is 29.7 Å². The molecule has 0 bridgehead atoms. The van der Waals surface area contributed by atoms with Crippen LogP contribution >= 0.6 is 0 Å². The molecule has 2 N–H and O–H groups in total. The van der Waals surface area contributed by atoms with Gasteiger partial charge in [-0.15, -0.1) is 0 Å². The lowest BCUT2D eigenvalue weighted by molar-refractivity contribution is 0.555. The molecule has 72 valence electrons. The van der Waals surface area contributed by atoms with Crippen LogP contribution in [0.3, 0.4) is 0 Å². The minimum Gasteiger partial charge on any atom is -0.465 e. The number of nitrogens with two attached hydrogens (primary N) is 1. The van der Waals surface area contributed by atoms with Gasteiger partial charge in [0.2, 0.25) is 0 Å². The zero-order valence-corrected chi connectivity index (χ0v) is 8.29. The topological polar surface area (TPSA) is 39.2 Å². The number of rotatable bonds is 4. The van der Waals surface area contributed by atoms with Crippen molar-refractivity contribution in [3.8, 4) is 0 Å². The van der Waals surface area contributed by atoms with Crippen LogP contribution in [0.2, 0.25) is 0 Å². The summed E-state index contributed by atoms with van der Waals surface area (Å²) in [6.07, 6.45) is 5.68. The highest BCUT2D eigenvalue weighted by molar-refractivity contribution is 5.46. The van der Waals surface area contributed by atoms with Crippen LogP contribution in [0.5, 0.6) is 0 Å². The number of hydrogen-bond donors (Lipinski definition) is 1. The average Bonchev–Trinajstić information content (AvgIpc) is 2.56. The normalized spacial score (nSPS) is 14.5. The van der Waals surface area contributed by atoms with Crippen LogP contribution in [0.1, 0.15) is 32.4 Å². The first-order valence-electron chi connectivity index (χ1n) is 4.68. The first kappa shape index (κ1) is 10.1. The highest BCUT2D eigenvalue weighted by atomic mass is 16.3. The molecular formula is C11H17NO. The zero-order chi connectivity index (χ0) is 9.68. The van der Waals surface area contributed by atoms with Crippen molar-refractivity contribution in [3.63, 3.8) is 0 Å². The third-order valence-corrected chi connectivity index (χ3v) is 2.04. The minimum atomic E-state index is 0.270. The Labute approximate surface area is 79.4 Å². The van der Waals surface area contributed by atoms with Crippen LogP contribution in [0.25, 0.3) is 6.08 Å². The molecule has 1 aromatic heterocycles. The van der Waals surface area contributed by atoms with E-state index in [9.17, 15) is 0 Å². The Morgan fingerprint density at radius 1 is 1.69 bits per heavy atom. The second-order valence-corrected chi connectivity index (χ2v) is 3.38. The SMILES string of the molecule is CCC(N)C/C(C)=C/c1ccco1. The summed E-state index contributed by atoms with van der Waals surface area (Å²) < 4.78 is 5.20. The highest BCUT2D eigenvalue weighted by Gasteiger charge is 2.00. The summed E-state index contributed by atoms with van der Waals surface area (Å²) in [7, 11) is 0. The Kier molecular flexibility index (Phi) is 3.77. The van der Waals surface area contributed by atoms with Crippen molar-refractivity contribution in [1.29, 1.82) is 0 Å². The molecule has 1 rings (SSSR count). The Hall–Kier alpha value is -1.02. The van der Waals surface area contributed by atoms with Crippen molar-refractivity contribution >= 4 is 6.08 Å². The van der Waals surface area contributed by atoms with E-state index in [1.54, 1.807) is 6.26 Å². The maximum absolute atomic E-state index is 5.83. The maximum atomic E-state index is 5.83.